The molecule has 0 radical (unpaired) electrons. The number of rotatable bonds is 5. The van der Waals surface area contributed by atoms with E-state index in [2.05, 4.69) is 20.5 Å². The van der Waals surface area contributed by atoms with Crippen LogP contribution in [0.5, 0.6) is 0 Å². The molecule has 0 aliphatic carbocycles. The fraction of sp³-hybridized carbons (Fsp3) is 0.125. The Bertz CT molecular complexity index is 854. The van der Waals surface area contributed by atoms with Crippen LogP contribution in [0.2, 0.25) is 0 Å². The lowest BCUT2D eigenvalue weighted by Gasteiger charge is -2.07. The Morgan fingerprint density at radius 3 is 2.96 bits per heavy atom. The molecule has 8 heteroatoms. The Labute approximate surface area is 141 Å². The zero-order valence-electron chi connectivity index (χ0n) is 12.7. The minimum atomic E-state index is -0.339. The molecule has 3 aromatic rings. The highest BCUT2D eigenvalue weighted by atomic mass is 32.2. The largest absolute Gasteiger partial charge is 0.411 e. The molecular formula is C16H13FN4O2S. The van der Waals surface area contributed by atoms with Crippen LogP contribution >= 0.6 is 11.8 Å². The Morgan fingerprint density at radius 2 is 2.21 bits per heavy atom. The summed E-state index contributed by atoms with van der Waals surface area (Å²) in [6, 6.07) is 7.76. The summed E-state index contributed by atoms with van der Waals surface area (Å²) in [6.45, 7) is 1.73. The van der Waals surface area contributed by atoms with Crippen molar-refractivity contribution in [2.24, 2.45) is 0 Å². The number of nitrogens with one attached hydrogen (secondary N) is 1. The summed E-state index contributed by atoms with van der Waals surface area (Å²) in [5, 5.41) is 10.8. The van der Waals surface area contributed by atoms with Crippen molar-refractivity contribution >= 4 is 23.4 Å². The van der Waals surface area contributed by atoms with Crippen molar-refractivity contribution in [2.75, 3.05) is 11.1 Å². The number of aryl methyl sites for hydroxylation is 1. The topological polar surface area (TPSA) is 80.9 Å². The molecular weight excluding hydrogens is 331 g/mol. The average molecular weight is 344 g/mol. The number of nitrogens with zero attached hydrogens (tertiary/aromatic N) is 3. The van der Waals surface area contributed by atoms with Gasteiger partial charge in [0.15, 0.2) is 0 Å². The van der Waals surface area contributed by atoms with Crippen LogP contribution in [0, 0.1) is 12.7 Å². The maximum atomic E-state index is 13.0. The summed E-state index contributed by atoms with van der Waals surface area (Å²) in [5.41, 5.74) is 1.94. The molecule has 1 amide bonds. The Kier molecular flexibility index (Phi) is 4.85. The molecule has 3 rings (SSSR count). The van der Waals surface area contributed by atoms with Crippen LogP contribution in [0.3, 0.4) is 0 Å². The van der Waals surface area contributed by atoms with Crippen LogP contribution in [0.15, 0.2) is 52.4 Å². The van der Waals surface area contributed by atoms with E-state index in [1.54, 1.807) is 31.5 Å². The lowest BCUT2D eigenvalue weighted by Crippen LogP contribution is -2.14. The van der Waals surface area contributed by atoms with E-state index >= 15 is 0 Å². The summed E-state index contributed by atoms with van der Waals surface area (Å²) >= 11 is 1.13. The second kappa shape index (κ2) is 7.22. The van der Waals surface area contributed by atoms with Crippen molar-refractivity contribution in [3.8, 4) is 11.5 Å². The Morgan fingerprint density at radius 1 is 1.33 bits per heavy atom. The number of carbonyl (C=O) groups excluding carboxylic acids is 1. The van der Waals surface area contributed by atoms with Gasteiger partial charge in [0.2, 0.25) is 11.8 Å². The van der Waals surface area contributed by atoms with E-state index in [4.69, 9.17) is 4.42 Å². The molecule has 0 unspecified atom stereocenters. The lowest BCUT2D eigenvalue weighted by atomic mass is 10.2. The predicted octanol–water partition coefficient (Wildman–Crippen LogP) is 3.31. The van der Waals surface area contributed by atoms with Crippen molar-refractivity contribution < 1.29 is 13.6 Å². The number of amides is 1. The highest BCUT2D eigenvalue weighted by molar-refractivity contribution is 7.99. The molecule has 0 fully saturated rings. The number of pyridine rings is 1. The second-order valence-corrected chi connectivity index (χ2v) is 5.84. The highest BCUT2D eigenvalue weighted by Crippen LogP contribution is 2.23. The number of halogens is 1. The predicted molar refractivity (Wildman–Crippen MR) is 88.0 cm³/mol. The molecule has 2 heterocycles. The first-order chi connectivity index (χ1) is 11.6. The maximum Gasteiger partial charge on any atom is 0.277 e. The SMILES string of the molecule is Cc1cc(F)ccc1NC(=O)CSc1nnc(-c2cccnc2)o1. The zero-order valence-corrected chi connectivity index (χ0v) is 13.5. The van der Waals surface area contributed by atoms with Gasteiger partial charge in [0.05, 0.1) is 11.3 Å². The third kappa shape index (κ3) is 3.96. The van der Waals surface area contributed by atoms with Crippen LogP contribution in [-0.4, -0.2) is 26.8 Å². The average Bonchev–Trinajstić information content (AvgIpc) is 3.05. The number of hydrogen-bond donors (Lipinski definition) is 1. The van der Waals surface area contributed by atoms with Gasteiger partial charge in [0, 0.05) is 18.1 Å². The van der Waals surface area contributed by atoms with Gasteiger partial charge in [-0.15, -0.1) is 10.2 Å². The summed E-state index contributed by atoms with van der Waals surface area (Å²) in [4.78, 5) is 16.0. The molecule has 0 aliphatic rings. The van der Waals surface area contributed by atoms with Crippen molar-refractivity contribution in [3.63, 3.8) is 0 Å². The minimum absolute atomic E-state index is 0.103. The summed E-state index contributed by atoms with van der Waals surface area (Å²) in [6.07, 6.45) is 3.27. The highest BCUT2D eigenvalue weighted by Gasteiger charge is 2.12. The quantitative estimate of drug-likeness (QED) is 0.715. The van der Waals surface area contributed by atoms with Crippen molar-refractivity contribution in [2.45, 2.75) is 12.1 Å². The van der Waals surface area contributed by atoms with E-state index in [9.17, 15) is 9.18 Å². The molecule has 0 spiro atoms. The fourth-order valence-electron chi connectivity index (χ4n) is 1.95. The first-order valence-corrected chi connectivity index (χ1v) is 8.03. The third-order valence-electron chi connectivity index (χ3n) is 3.10. The number of thioether (sulfide) groups is 1. The standard InChI is InChI=1S/C16H13FN4O2S/c1-10-7-12(17)4-5-13(10)19-14(22)9-24-16-21-20-15(23-16)11-3-2-6-18-8-11/h2-8H,9H2,1H3,(H,19,22). The third-order valence-corrected chi connectivity index (χ3v) is 3.92. The van der Waals surface area contributed by atoms with Crippen LogP contribution in [0.25, 0.3) is 11.5 Å². The van der Waals surface area contributed by atoms with Gasteiger partial charge < -0.3 is 9.73 Å². The van der Waals surface area contributed by atoms with Crippen molar-refractivity contribution in [1.29, 1.82) is 0 Å². The van der Waals surface area contributed by atoms with Gasteiger partial charge in [-0.3, -0.25) is 9.78 Å². The van der Waals surface area contributed by atoms with Gasteiger partial charge in [0.1, 0.15) is 5.82 Å². The first kappa shape index (κ1) is 16.1. The lowest BCUT2D eigenvalue weighted by molar-refractivity contribution is -0.113. The molecule has 1 N–H and O–H groups in total. The van der Waals surface area contributed by atoms with Crippen molar-refractivity contribution in [3.05, 3.63) is 54.1 Å². The number of aromatic nitrogens is 3. The summed E-state index contributed by atoms with van der Waals surface area (Å²) in [5.74, 6) is -0.129. The second-order valence-electron chi connectivity index (χ2n) is 4.91. The van der Waals surface area contributed by atoms with Crippen LogP contribution in [-0.2, 0) is 4.79 Å². The van der Waals surface area contributed by atoms with E-state index < -0.39 is 0 Å². The molecule has 1 aromatic carbocycles. The van der Waals surface area contributed by atoms with E-state index in [-0.39, 0.29) is 17.5 Å². The molecule has 0 atom stereocenters. The monoisotopic (exact) mass is 344 g/mol. The van der Waals surface area contributed by atoms with Gasteiger partial charge in [-0.05, 0) is 42.8 Å². The molecule has 0 bridgehead atoms. The van der Waals surface area contributed by atoms with E-state index in [1.807, 2.05) is 0 Å². The smallest absolute Gasteiger partial charge is 0.277 e. The van der Waals surface area contributed by atoms with Crippen LogP contribution < -0.4 is 5.32 Å². The first-order valence-electron chi connectivity index (χ1n) is 7.04. The summed E-state index contributed by atoms with van der Waals surface area (Å²) < 4.78 is 18.5. The van der Waals surface area contributed by atoms with Crippen LogP contribution in [0.4, 0.5) is 10.1 Å². The molecule has 0 saturated heterocycles. The number of hydrogen-bond acceptors (Lipinski definition) is 6. The van der Waals surface area contributed by atoms with Gasteiger partial charge in [-0.2, -0.15) is 0 Å². The van der Waals surface area contributed by atoms with Gasteiger partial charge in [-0.1, -0.05) is 11.8 Å². The van der Waals surface area contributed by atoms with Gasteiger partial charge in [0.25, 0.3) is 5.22 Å². The molecule has 24 heavy (non-hydrogen) atoms. The van der Waals surface area contributed by atoms with E-state index in [1.165, 1.54) is 18.2 Å². The van der Waals surface area contributed by atoms with Crippen molar-refractivity contribution in [1.82, 2.24) is 15.2 Å². The molecule has 2 aromatic heterocycles. The zero-order chi connectivity index (χ0) is 16.9. The maximum absolute atomic E-state index is 13.0. The Balaban J connectivity index is 1.58. The Hall–Kier alpha value is -2.74. The fourth-order valence-corrected chi connectivity index (χ4v) is 2.52. The molecule has 122 valence electrons. The van der Waals surface area contributed by atoms with Gasteiger partial charge in [-0.25, -0.2) is 4.39 Å². The number of anilines is 1. The molecule has 6 nitrogen and oxygen atoms in total. The summed E-state index contributed by atoms with van der Waals surface area (Å²) in [7, 11) is 0. The number of carbonyl (C=O) groups is 1. The van der Waals surface area contributed by atoms with Crippen LogP contribution in [0.1, 0.15) is 5.56 Å². The minimum Gasteiger partial charge on any atom is -0.411 e. The van der Waals surface area contributed by atoms with E-state index in [0.717, 1.165) is 11.8 Å². The van der Waals surface area contributed by atoms with E-state index in [0.29, 0.717) is 27.9 Å². The van der Waals surface area contributed by atoms with Gasteiger partial charge >= 0.3 is 0 Å². The normalized spacial score (nSPS) is 10.6. The molecule has 0 aliphatic heterocycles. The number of benzene rings is 1. The molecule has 0 saturated carbocycles.